The Morgan fingerprint density at radius 2 is 1.73 bits per heavy atom. The number of piperidine rings is 1. The van der Waals surface area contributed by atoms with E-state index >= 15 is 0 Å². The number of carbonyl (C=O) groups excluding carboxylic acids is 3. The summed E-state index contributed by atoms with van der Waals surface area (Å²) in [4.78, 5) is 48.4. The summed E-state index contributed by atoms with van der Waals surface area (Å²) in [6, 6.07) is 14.4. The second-order valence-electron chi connectivity index (χ2n) is 15.2. The first-order valence-electron chi connectivity index (χ1n) is 19.3. The maximum Gasteiger partial charge on any atom is 0.339 e. The molecule has 0 unspecified atom stereocenters. The molecule has 2 aromatic heterocycles. The number of hydrogen-bond donors (Lipinski definition) is 4. The molecule has 1 fully saturated rings. The number of likely N-dealkylation sites (tertiary alicyclic amines) is 1. The number of aliphatic hydroxyl groups is 1. The molecule has 2 aliphatic heterocycles. The smallest absolute Gasteiger partial charge is 0.339 e. The summed E-state index contributed by atoms with van der Waals surface area (Å²) in [6.07, 6.45) is 7.56. The van der Waals surface area contributed by atoms with Crippen molar-refractivity contribution in [2.24, 2.45) is 5.92 Å². The lowest BCUT2D eigenvalue weighted by molar-refractivity contribution is -0.132. The Morgan fingerprint density at radius 3 is 2.45 bits per heavy atom. The molecule has 0 aliphatic carbocycles. The molecular formula is C41H52N8O6. The number of ether oxygens (including phenoxy) is 1. The summed E-state index contributed by atoms with van der Waals surface area (Å²) in [6.45, 7) is 9.58. The lowest BCUT2D eigenvalue weighted by Crippen LogP contribution is -2.37. The molecule has 4 heterocycles. The molecule has 2 aromatic carbocycles. The van der Waals surface area contributed by atoms with Gasteiger partial charge in [-0.15, -0.1) is 10.2 Å². The van der Waals surface area contributed by atoms with Crippen molar-refractivity contribution in [3.63, 3.8) is 0 Å². The average molecular weight is 753 g/mol. The summed E-state index contributed by atoms with van der Waals surface area (Å²) >= 11 is 0. The highest BCUT2D eigenvalue weighted by molar-refractivity contribution is 5.95. The van der Waals surface area contributed by atoms with Gasteiger partial charge in [-0.3, -0.25) is 9.59 Å². The monoisotopic (exact) mass is 752 g/mol. The fraction of sp³-hybridized carbons (Fsp3) is 0.488. The Balaban J connectivity index is 1.08. The van der Waals surface area contributed by atoms with Gasteiger partial charge in [0, 0.05) is 55.8 Å². The predicted octanol–water partition coefficient (Wildman–Crippen LogP) is 6.64. The molecule has 0 spiro atoms. The molecule has 1 saturated heterocycles. The molecule has 55 heavy (non-hydrogen) atoms. The minimum atomic E-state index is -0.762. The number of aromatic nitrogens is 4. The molecule has 0 radical (unpaired) electrons. The first-order chi connectivity index (χ1) is 26.5. The Bertz CT molecular complexity index is 1940. The zero-order chi connectivity index (χ0) is 39.0. The summed E-state index contributed by atoms with van der Waals surface area (Å²) in [7, 11) is 0. The fourth-order valence-corrected chi connectivity index (χ4v) is 6.93. The second-order valence-corrected chi connectivity index (χ2v) is 15.2. The maximum atomic E-state index is 13.0. The molecule has 2 aliphatic rings. The van der Waals surface area contributed by atoms with Crippen LogP contribution in [0.15, 0.2) is 59.1 Å². The quantitative estimate of drug-likeness (QED) is 0.0667. The number of fused-ring (bicyclic) bond motifs is 1. The normalized spacial score (nSPS) is 15.7. The van der Waals surface area contributed by atoms with Crippen LogP contribution >= 0.6 is 0 Å². The van der Waals surface area contributed by atoms with Gasteiger partial charge in [-0.25, -0.2) is 9.78 Å². The molecule has 2 amide bonds. The third-order valence-electron chi connectivity index (χ3n) is 10.1. The number of amides is 2. The first kappa shape index (κ1) is 39.3. The number of aliphatic hydroxyl groups excluding tert-OH is 1. The van der Waals surface area contributed by atoms with Gasteiger partial charge in [0.25, 0.3) is 5.89 Å². The van der Waals surface area contributed by atoms with Gasteiger partial charge in [0.15, 0.2) is 0 Å². The van der Waals surface area contributed by atoms with E-state index in [9.17, 15) is 19.5 Å². The molecule has 4 N–H and O–H groups in total. The van der Waals surface area contributed by atoms with Gasteiger partial charge in [0.2, 0.25) is 23.7 Å². The van der Waals surface area contributed by atoms with Crippen LogP contribution in [0, 0.1) is 5.92 Å². The van der Waals surface area contributed by atoms with Crippen molar-refractivity contribution in [2.45, 2.75) is 96.6 Å². The van der Waals surface area contributed by atoms with Crippen molar-refractivity contribution in [3.05, 3.63) is 77.3 Å². The van der Waals surface area contributed by atoms with Gasteiger partial charge >= 0.3 is 5.97 Å². The van der Waals surface area contributed by atoms with Crippen molar-refractivity contribution in [1.29, 1.82) is 0 Å². The van der Waals surface area contributed by atoms with Crippen molar-refractivity contribution in [3.8, 4) is 11.5 Å². The largest absolute Gasteiger partial charge is 0.451 e. The number of nitrogens with one attached hydrogen (secondary N) is 3. The van der Waals surface area contributed by atoms with Gasteiger partial charge in [-0.05, 0) is 69.2 Å². The molecule has 14 heteroatoms. The number of unbranched alkanes of at least 4 members (excludes halogenated alkanes) is 3. The SMILES string of the molecule is CC(C)CNC(=O)CCCCCCC(=O)N1CCC(c2nnc(-c3cnc(Nc4ccc5c(c4)C(C)(C)OC5=O)nc3N[C@H](CO)c3ccccc3)o2)CC1. The standard InChI is InChI=1S/C41H52N8O6/c1-26(2)23-42-34(51)14-10-5-6-11-15-35(52)49-20-18-28(19-21-49)37-47-48-38(54-37)31-24-43-40(46-36(31)45-33(25-50)27-12-8-7-9-13-27)44-29-16-17-30-32(22-29)41(3,4)55-39(30)53/h7-9,12-13,16-17,22,24,26,28,33,50H,5-6,10-11,14-15,18-21,23,25H2,1-4H3,(H,42,51)(H2,43,44,45,46)/t33-/m1/s1. The van der Waals surface area contributed by atoms with Gasteiger partial charge in [0.1, 0.15) is 11.4 Å². The highest BCUT2D eigenvalue weighted by Gasteiger charge is 2.38. The fourth-order valence-electron chi connectivity index (χ4n) is 6.93. The van der Waals surface area contributed by atoms with Crippen molar-refractivity contribution < 1.29 is 28.6 Å². The van der Waals surface area contributed by atoms with E-state index in [1.807, 2.05) is 55.1 Å². The lowest BCUT2D eigenvalue weighted by Gasteiger charge is -2.30. The number of benzene rings is 2. The van der Waals surface area contributed by atoms with E-state index in [0.717, 1.165) is 36.8 Å². The van der Waals surface area contributed by atoms with Gasteiger partial charge in [0.05, 0.1) is 23.8 Å². The first-order valence-corrected chi connectivity index (χ1v) is 19.3. The molecule has 0 saturated carbocycles. The van der Waals surface area contributed by atoms with E-state index in [4.69, 9.17) is 14.1 Å². The third-order valence-corrected chi connectivity index (χ3v) is 10.1. The maximum absolute atomic E-state index is 13.0. The molecule has 292 valence electrons. The van der Waals surface area contributed by atoms with Crippen LogP contribution in [0.25, 0.3) is 11.5 Å². The van der Waals surface area contributed by atoms with Gasteiger partial charge in [-0.1, -0.05) is 57.0 Å². The topological polar surface area (TPSA) is 185 Å². The molecular weight excluding hydrogens is 701 g/mol. The highest BCUT2D eigenvalue weighted by atomic mass is 16.6. The van der Waals surface area contributed by atoms with E-state index in [-0.39, 0.29) is 42.1 Å². The van der Waals surface area contributed by atoms with Crippen LogP contribution in [-0.4, -0.2) is 74.2 Å². The second kappa shape index (κ2) is 17.8. The Hall–Kier alpha value is -5.37. The van der Waals surface area contributed by atoms with Crippen LogP contribution in [0.2, 0.25) is 0 Å². The van der Waals surface area contributed by atoms with Crippen LogP contribution in [0.1, 0.15) is 118 Å². The van der Waals surface area contributed by atoms with E-state index in [1.54, 1.807) is 18.3 Å². The van der Waals surface area contributed by atoms with E-state index in [2.05, 4.69) is 45.0 Å². The minimum Gasteiger partial charge on any atom is -0.451 e. The zero-order valence-electron chi connectivity index (χ0n) is 32.1. The summed E-state index contributed by atoms with van der Waals surface area (Å²) in [5, 5.41) is 28.7. The summed E-state index contributed by atoms with van der Waals surface area (Å²) in [5.41, 5.74) is 2.54. The van der Waals surface area contributed by atoms with Crippen molar-refractivity contribution in [2.75, 3.05) is 36.9 Å². The number of cyclic esters (lactones) is 1. The lowest BCUT2D eigenvalue weighted by atomic mass is 9.95. The average Bonchev–Trinajstić information content (AvgIpc) is 3.76. The summed E-state index contributed by atoms with van der Waals surface area (Å²) < 4.78 is 11.8. The number of carbonyl (C=O) groups is 3. The number of rotatable bonds is 17. The molecule has 0 bridgehead atoms. The van der Waals surface area contributed by atoms with Gasteiger partial charge in [-0.2, -0.15) is 4.98 Å². The number of hydrogen-bond acceptors (Lipinski definition) is 12. The van der Waals surface area contributed by atoms with Crippen LogP contribution in [0.4, 0.5) is 17.5 Å². The van der Waals surface area contributed by atoms with Crippen LogP contribution in [0.3, 0.4) is 0 Å². The predicted molar refractivity (Wildman–Crippen MR) is 207 cm³/mol. The highest BCUT2D eigenvalue weighted by Crippen LogP contribution is 2.38. The summed E-state index contributed by atoms with van der Waals surface area (Å²) in [5.74, 6) is 1.73. The number of nitrogens with zero attached hydrogens (tertiary/aromatic N) is 5. The number of anilines is 3. The Labute approximate surface area is 321 Å². The van der Waals surface area contributed by atoms with Gasteiger partial charge < -0.3 is 35.1 Å². The van der Waals surface area contributed by atoms with Crippen LogP contribution < -0.4 is 16.0 Å². The van der Waals surface area contributed by atoms with Crippen LogP contribution in [0.5, 0.6) is 0 Å². The minimum absolute atomic E-state index is 0.000149. The molecule has 14 nitrogen and oxygen atoms in total. The van der Waals surface area contributed by atoms with Crippen molar-refractivity contribution in [1.82, 2.24) is 30.4 Å². The number of esters is 1. The zero-order valence-corrected chi connectivity index (χ0v) is 32.1. The molecule has 4 aromatic rings. The molecule has 6 rings (SSSR count). The molecule has 1 atom stereocenters. The van der Waals surface area contributed by atoms with Crippen LogP contribution in [-0.2, 0) is 19.9 Å². The Morgan fingerprint density at radius 1 is 0.982 bits per heavy atom. The van der Waals surface area contributed by atoms with E-state index < -0.39 is 11.6 Å². The third kappa shape index (κ3) is 10.0. The van der Waals surface area contributed by atoms with E-state index in [1.165, 1.54) is 0 Å². The van der Waals surface area contributed by atoms with Crippen molar-refractivity contribution >= 4 is 35.2 Å². The van der Waals surface area contributed by atoms with E-state index in [0.29, 0.717) is 79.8 Å². The Kier molecular flexibility index (Phi) is 12.8.